The average molecular weight is 291 g/mol. The largest absolute Gasteiger partial charge is 3.00 e. The van der Waals surface area contributed by atoms with Gasteiger partial charge in [0.15, 0.2) is 0 Å². The Hall–Kier alpha value is 1.48. The van der Waals surface area contributed by atoms with E-state index in [0.717, 1.165) is 0 Å². The Morgan fingerprint density at radius 3 is 1.22 bits per heavy atom. The molecule has 0 atom stereocenters. The fraction of sp³-hybridized carbons (Fsp3) is 0.600. The van der Waals surface area contributed by atoms with Crippen LogP contribution in [0.4, 0.5) is 0 Å². The first kappa shape index (κ1) is 31.4. The van der Waals surface area contributed by atoms with Gasteiger partial charge in [-0.05, 0) is 5.92 Å². The summed E-state index contributed by atoms with van der Waals surface area (Å²) >= 11 is 0. The first-order valence-corrected chi connectivity index (χ1v) is 1.90. The van der Waals surface area contributed by atoms with Crippen molar-refractivity contribution in [2.24, 2.45) is 5.92 Å². The first-order chi connectivity index (χ1) is 2.27. The van der Waals surface area contributed by atoms with Crippen LogP contribution in [0.1, 0.15) is 13.8 Å². The molecule has 0 spiro atoms. The maximum absolute atomic E-state index is 3.56. The van der Waals surface area contributed by atoms with E-state index in [9.17, 15) is 0 Å². The Labute approximate surface area is 94.9 Å². The number of allylic oxidation sites excluding steroid dienone is 1. The second kappa shape index (κ2) is 22.7. The van der Waals surface area contributed by atoms with Crippen molar-refractivity contribution in [3.8, 4) is 0 Å². The minimum absolute atomic E-state index is 0. The zero-order chi connectivity index (χ0) is 4.28. The fourth-order valence-electron chi connectivity index (χ4n) is 0. The van der Waals surface area contributed by atoms with Crippen LogP contribution in [0.25, 0.3) is 0 Å². The number of rotatable bonds is 1. The second-order valence-corrected chi connectivity index (χ2v) is 1.48. The van der Waals surface area contributed by atoms with E-state index >= 15 is 0 Å². The maximum Gasteiger partial charge on any atom is 3.00 e. The van der Waals surface area contributed by atoms with Gasteiger partial charge in [0.05, 0.1) is 0 Å². The third-order valence-electron chi connectivity index (χ3n) is 0.471. The van der Waals surface area contributed by atoms with Gasteiger partial charge >= 0.3 is 25.8 Å². The Morgan fingerprint density at radius 2 is 1.22 bits per heavy atom. The van der Waals surface area contributed by atoms with Gasteiger partial charge in [-0.1, -0.05) is 19.9 Å². The quantitative estimate of drug-likeness (QED) is 0.421. The van der Waals surface area contributed by atoms with Crippen molar-refractivity contribution in [3.05, 3.63) is 12.7 Å². The van der Waals surface area contributed by atoms with Crippen molar-refractivity contribution in [3.63, 3.8) is 0 Å². The summed E-state index contributed by atoms with van der Waals surface area (Å²) in [7, 11) is 0. The molecule has 0 aromatic rings. The average Bonchev–Trinajstić information content (AvgIpc) is 1.38. The molecule has 0 aliphatic rings. The van der Waals surface area contributed by atoms with E-state index in [1.165, 1.54) is 0 Å². The van der Waals surface area contributed by atoms with Crippen LogP contribution in [-0.4, -0.2) is 25.8 Å². The van der Waals surface area contributed by atoms with E-state index in [1.807, 2.05) is 6.08 Å². The number of halogens is 3. The van der Waals surface area contributed by atoms with Gasteiger partial charge in [-0.2, -0.15) is 0 Å². The van der Waals surface area contributed by atoms with Crippen LogP contribution in [0.5, 0.6) is 0 Å². The van der Waals surface area contributed by atoms with Gasteiger partial charge in [0.2, 0.25) is 0 Å². The molecule has 0 rings (SSSR count). The molecule has 0 amide bonds. The predicted octanol–water partition coefficient (Wildman–Crippen LogP) is -7.54. The Bertz CT molecular complexity index is 39.2. The molecule has 0 aliphatic heterocycles. The predicted molar refractivity (Wildman–Crippen MR) is 30.8 cm³/mol. The molecule has 0 N–H and O–H groups in total. The van der Waals surface area contributed by atoms with Crippen LogP contribution in [0, 0.1) is 5.92 Å². The zero-order valence-electron chi connectivity index (χ0n) is 5.57. The van der Waals surface area contributed by atoms with Gasteiger partial charge in [-0.25, -0.2) is 0 Å². The van der Waals surface area contributed by atoms with E-state index in [1.54, 1.807) is 0 Å². The monoisotopic (exact) mass is 290 g/mol. The minimum atomic E-state index is 0. The van der Waals surface area contributed by atoms with Gasteiger partial charge in [-0.15, -0.1) is 6.58 Å². The summed E-state index contributed by atoms with van der Waals surface area (Å²) in [4.78, 5) is 0. The SMILES string of the molecule is C=CC(C)C.[Cl-].[Cl-].[Cl-].[In+3]. The second-order valence-electron chi connectivity index (χ2n) is 1.48. The van der Waals surface area contributed by atoms with Gasteiger partial charge in [-0.3, -0.25) is 0 Å². The van der Waals surface area contributed by atoms with E-state index in [0.29, 0.717) is 5.92 Å². The molecule has 0 aliphatic carbocycles. The van der Waals surface area contributed by atoms with E-state index in [-0.39, 0.29) is 63.1 Å². The van der Waals surface area contributed by atoms with E-state index in [2.05, 4.69) is 20.4 Å². The molecule has 0 bridgehead atoms. The molecule has 54 valence electrons. The normalized spacial score (nSPS) is 4.78. The van der Waals surface area contributed by atoms with Crippen molar-refractivity contribution in [1.29, 1.82) is 0 Å². The smallest absolute Gasteiger partial charge is 1.00 e. The van der Waals surface area contributed by atoms with Crippen LogP contribution in [0.2, 0.25) is 0 Å². The van der Waals surface area contributed by atoms with Crippen LogP contribution < -0.4 is 37.2 Å². The minimum Gasteiger partial charge on any atom is -1.00 e. The summed E-state index contributed by atoms with van der Waals surface area (Å²) in [6.45, 7) is 7.77. The summed E-state index contributed by atoms with van der Waals surface area (Å²) in [6.07, 6.45) is 1.92. The standard InChI is InChI=1S/C5H10.3ClH.In/c1-4-5(2)3;;;;/h4-5H,1H2,2-3H3;3*1H;/q;;;;+3/p-3. The van der Waals surface area contributed by atoms with Crippen LogP contribution >= 0.6 is 0 Å². The van der Waals surface area contributed by atoms with Crippen LogP contribution in [0.3, 0.4) is 0 Å². The van der Waals surface area contributed by atoms with Crippen molar-refractivity contribution < 1.29 is 37.2 Å². The Kier molecular flexibility index (Phi) is 79.1. The molecule has 0 aromatic heterocycles. The third kappa shape index (κ3) is 43.8. The molecule has 0 saturated carbocycles. The van der Waals surface area contributed by atoms with E-state index < -0.39 is 0 Å². The van der Waals surface area contributed by atoms with Crippen LogP contribution in [-0.2, 0) is 0 Å². The molecule has 0 saturated heterocycles. The molecule has 0 radical (unpaired) electrons. The van der Waals surface area contributed by atoms with Crippen LogP contribution in [0.15, 0.2) is 12.7 Å². The molecule has 4 heteroatoms. The molecule has 0 heterocycles. The maximum atomic E-state index is 3.56. The molecule has 0 aromatic carbocycles. The topological polar surface area (TPSA) is 0 Å². The molecule has 9 heavy (non-hydrogen) atoms. The number of hydrogen-bond donors (Lipinski definition) is 0. The van der Waals surface area contributed by atoms with Crippen molar-refractivity contribution >= 4 is 25.8 Å². The van der Waals surface area contributed by atoms with E-state index in [4.69, 9.17) is 0 Å². The molecule has 0 nitrogen and oxygen atoms in total. The van der Waals surface area contributed by atoms with Gasteiger partial charge < -0.3 is 37.2 Å². The van der Waals surface area contributed by atoms with Gasteiger partial charge in [0, 0.05) is 0 Å². The summed E-state index contributed by atoms with van der Waals surface area (Å²) in [6, 6.07) is 0. The molecular formula is C5H10Cl3In. The summed E-state index contributed by atoms with van der Waals surface area (Å²) in [5.74, 6) is 0.648. The summed E-state index contributed by atoms with van der Waals surface area (Å²) in [5.41, 5.74) is 0. The number of hydrogen-bond acceptors (Lipinski definition) is 0. The van der Waals surface area contributed by atoms with Crippen molar-refractivity contribution in [2.45, 2.75) is 13.8 Å². The molecular weight excluding hydrogens is 281 g/mol. The first-order valence-electron chi connectivity index (χ1n) is 1.90. The Balaban J connectivity index is -0.0000000133. The van der Waals surface area contributed by atoms with Gasteiger partial charge in [0.25, 0.3) is 0 Å². The molecule has 0 unspecified atom stereocenters. The third-order valence-corrected chi connectivity index (χ3v) is 0.471. The molecule has 0 fully saturated rings. The van der Waals surface area contributed by atoms with Crippen molar-refractivity contribution in [1.82, 2.24) is 0 Å². The Morgan fingerprint density at radius 1 is 1.11 bits per heavy atom. The zero-order valence-corrected chi connectivity index (χ0v) is 11.1. The van der Waals surface area contributed by atoms with Crippen molar-refractivity contribution in [2.75, 3.05) is 0 Å². The summed E-state index contributed by atoms with van der Waals surface area (Å²) < 4.78 is 0. The summed E-state index contributed by atoms with van der Waals surface area (Å²) in [5, 5.41) is 0. The fourth-order valence-corrected chi connectivity index (χ4v) is 0. The van der Waals surface area contributed by atoms with Gasteiger partial charge in [0.1, 0.15) is 0 Å².